The lowest BCUT2D eigenvalue weighted by Gasteiger charge is -2.28. The predicted molar refractivity (Wildman–Crippen MR) is 89.2 cm³/mol. The molecule has 1 aromatic heterocycles. The molecule has 1 aromatic rings. The second-order valence-electron chi connectivity index (χ2n) is 5.35. The largest absolute Gasteiger partial charge is 0.392 e. The number of rotatable bonds is 6. The van der Waals surface area contributed by atoms with Crippen molar-refractivity contribution in [3.63, 3.8) is 0 Å². The third-order valence-corrected chi connectivity index (χ3v) is 5.51. The van der Waals surface area contributed by atoms with Crippen LogP contribution in [0.5, 0.6) is 0 Å². The van der Waals surface area contributed by atoms with Crippen molar-refractivity contribution in [2.75, 3.05) is 12.3 Å². The molecule has 4 nitrogen and oxygen atoms in total. The van der Waals surface area contributed by atoms with Gasteiger partial charge >= 0.3 is 0 Å². The molecule has 0 unspecified atom stereocenters. The topological polar surface area (TPSA) is 58.0 Å². The Balaban J connectivity index is 1.71. The summed E-state index contributed by atoms with van der Waals surface area (Å²) in [7, 11) is 0. The first-order chi connectivity index (χ1) is 10.1. The van der Waals surface area contributed by atoms with Gasteiger partial charge in [0, 0.05) is 29.7 Å². The molecule has 0 amide bonds. The lowest BCUT2D eigenvalue weighted by molar-refractivity contribution is 0.0921. The molecule has 1 aliphatic rings. The summed E-state index contributed by atoms with van der Waals surface area (Å²) in [4.78, 5) is 0. The molecule has 2 atom stereocenters. The van der Waals surface area contributed by atoms with Crippen LogP contribution in [0.3, 0.4) is 0 Å². The summed E-state index contributed by atoms with van der Waals surface area (Å²) in [5.41, 5.74) is 1.86. The van der Waals surface area contributed by atoms with Gasteiger partial charge in [-0.1, -0.05) is 36.0 Å². The fraction of sp³-hybridized carbons (Fsp3) is 0.714. The normalized spacial score (nSPS) is 22.5. The molecule has 0 radical (unpaired) electrons. The molecule has 0 aliphatic heterocycles. The van der Waals surface area contributed by atoms with Gasteiger partial charge in [-0.3, -0.25) is 0 Å². The van der Waals surface area contributed by atoms with Gasteiger partial charge in [-0.2, -0.15) is 11.8 Å². The lowest BCUT2D eigenvalue weighted by Crippen LogP contribution is -2.42. The van der Waals surface area contributed by atoms with E-state index in [1.54, 1.807) is 11.8 Å². The molecule has 1 fully saturated rings. The Morgan fingerprint density at radius 1 is 1.24 bits per heavy atom. The molecule has 0 spiro atoms. The Morgan fingerprint density at radius 3 is 2.71 bits per heavy atom. The van der Waals surface area contributed by atoms with Gasteiger partial charge in [-0.25, -0.2) is 0 Å². The van der Waals surface area contributed by atoms with Crippen LogP contribution in [-0.2, 0) is 5.75 Å². The molecule has 0 aromatic carbocycles. The van der Waals surface area contributed by atoms with Crippen LogP contribution in [0.25, 0.3) is 0 Å². The molecule has 1 saturated carbocycles. The van der Waals surface area contributed by atoms with Crippen molar-refractivity contribution in [3.05, 3.63) is 21.4 Å². The molecule has 1 aliphatic carbocycles. The van der Waals surface area contributed by atoms with E-state index in [1.807, 2.05) is 6.92 Å². The standard InChI is InChI=1S/C14H21Cl2N3OS/c1-9-10(14(16)19-18-13(9)15)8-21-7-6-17-11-4-2-3-5-12(11)20/h11-12,17,20H,2-8H2,1H3/t11-,12-/m1/s1. The maximum atomic E-state index is 9.89. The SMILES string of the molecule is Cc1c(Cl)nnc(Cl)c1CSCCN[C@@H]1CCCC[C@H]1O. The molecule has 0 bridgehead atoms. The van der Waals surface area contributed by atoms with E-state index in [9.17, 15) is 5.11 Å². The lowest BCUT2D eigenvalue weighted by atomic mass is 9.93. The zero-order valence-corrected chi connectivity index (χ0v) is 14.4. The van der Waals surface area contributed by atoms with Gasteiger partial charge in [0.2, 0.25) is 0 Å². The minimum Gasteiger partial charge on any atom is -0.392 e. The number of halogens is 2. The first-order valence-electron chi connectivity index (χ1n) is 7.26. The van der Waals surface area contributed by atoms with Crippen LogP contribution < -0.4 is 5.32 Å². The van der Waals surface area contributed by atoms with E-state index in [-0.39, 0.29) is 12.1 Å². The Morgan fingerprint density at radius 2 is 1.95 bits per heavy atom. The summed E-state index contributed by atoms with van der Waals surface area (Å²) in [6.07, 6.45) is 4.14. The van der Waals surface area contributed by atoms with Crippen LogP contribution in [0.2, 0.25) is 10.3 Å². The van der Waals surface area contributed by atoms with E-state index in [2.05, 4.69) is 15.5 Å². The molecular formula is C14H21Cl2N3OS. The van der Waals surface area contributed by atoms with Gasteiger partial charge in [0.25, 0.3) is 0 Å². The Labute approximate surface area is 140 Å². The fourth-order valence-corrected chi connectivity index (χ4v) is 3.95. The summed E-state index contributed by atoms with van der Waals surface area (Å²) in [6.45, 7) is 2.80. The number of thioether (sulfide) groups is 1. The van der Waals surface area contributed by atoms with Crippen LogP contribution in [0.1, 0.15) is 36.8 Å². The molecule has 2 rings (SSSR count). The predicted octanol–water partition coefficient (Wildman–Crippen LogP) is 3.22. The van der Waals surface area contributed by atoms with Crippen LogP contribution in [0.15, 0.2) is 0 Å². The van der Waals surface area contributed by atoms with Crippen molar-refractivity contribution in [2.24, 2.45) is 0 Å². The average Bonchev–Trinajstić information content (AvgIpc) is 2.48. The van der Waals surface area contributed by atoms with Gasteiger partial charge < -0.3 is 10.4 Å². The smallest absolute Gasteiger partial charge is 0.156 e. The average molecular weight is 350 g/mol. The molecule has 1 heterocycles. The van der Waals surface area contributed by atoms with E-state index in [4.69, 9.17) is 23.2 Å². The van der Waals surface area contributed by atoms with Gasteiger partial charge in [0.1, 0.15) is 0 Å². The van der Waals surface area contributed by atoms with Crippen molar-refractivity contribution in [3.8, 4) is 0 Å². The van der Waals surface area contributed by atoms with Crippen molar-refractivity contribution in [1.29, 1.82) is 0 Å². The molecule has 7 heteroatoms. The number of aliphatic hydroxyl groups is 1. The summed E-state index contributed by atoms with van der Waals surface area (Å²) in [6, 6.07) is 0.252. The highest BCUT2D eigenvalue weighted by molar-refractivity contribution is 7.98. The first kappa shape index (κ1) is 17.3. The zero-order chi connectivity index (χ0) is 15.2. The minimum atomic E-state index is -0.191. The van der Waals surface area contributed by atoms with Crippen molar-refractivity contribution >= 4 is 35.0 Å². The van der Waals surface area contributed by atoms with Gasteiger partial charge in [0.05, 0.1) is 6.10 Å². The molecule has 0 saturated heterocycles. The second kappa shape index (κ2) is 8.53. The highest BCUT2D eigenvalue weighted by atomic mass is 35.5. The van der Waals surface area contributed by atoms with Crippen molar-refractivity contribution in [1.82, 2.24) is 15.5 Å². The van der Waals surface area contributed by atoms with E-state index < -0.39 is 0 Å². The summed E-state index contributed by atoms with van der Waals surface area (Å²) in [5.74, 6) is 1.73. The van der Waals surface area contributed by atoms with Gasteiger partial charge in [-0.15, -0.1) is 10.2 Å². The molecule has 21 heavy (non-hydrogen) atoms. The number of aromatic nitrogens is 2. The molecule has 118 valence electrons. The van der Waals surface area contributed by atoms with Gasteiger partial charge in [-0.05, 0) is 25.3 Å². The summed E-state index contributed by atoms with van der Waals surface area (Å²) >= 11 is 13.8. The second-order valence-corrected chi connectivity index (χ2v) is 7.17. The van der Waals surface area contributed by atoms with Crippen LogP contribution in [0, 0.1) is 6.92 Å². The highest BCUT2D eigenvalue weighted by Crippen LogP contribution is 2.26. The summed E-state index contributed by atoms with van der Waals surface area (Å²) in [5, 5.41) is 21.8. The number of aliphatic hydroxyl groups excluding tert-OH is 1. The Hall–Kier alpha value is -0.0700. The number of nitrogens with zero attached hydrogens (tertiary/aromatic N) is 2. The number of nitrogens with one attached hydrogen (secondary N) is 1. The third kappa shape index (κ3) is 4.96. The number of hydrogen-bond acceptors (Lipinski definition) is 5. The van der Waals surface area contributed by atoms with Crippen LogP contribution >= 0.6 is 35.0 Å². The van der Waals surface area contributed by atoms with Crippen molar-refractivity contribution < 1.29 is 5.11 Å². The fourth-order valence-electron chi connectivity index (χ4n) is 2.51. The maximum absolute atomic E-state index is 9.89. The molecule has 2 N–H and O–H groups in total. The van der Waals surface area contributed by atoms with E-state index in [0.717, 1.165) is 48.4 Å². The van der Waals surface area contributed by atoms with E-state index in [1.165, 1.54) is 6.42 Å². The first-order valence-corrected chi connectivity index (χ1v) is 9.17. The minimum absolute atomic E-state index is 0.191. The Bertz CT molecular complexity index is 476. The number of hydrogen-bond donors (Lipinski definition) is 2. The monoisotopic (exact) mass is 349 g/mol. The quantitative estimate of drug-likeness (QED) is 0.772. The molecular weight excluding hydrogens is 329 g/mol. The van der Waals surface area contributed by atoms with E-state index in [0.29, 0.717) is 10.3 Å². The highest BCUT2D eigenvalue weighted by Gasteiger charge is 2.21. The third-order valence-electron chi connectivity index (χ3n) is 3.87. The van der Waals surface area contributed by atoms with Crippen LogP contribution in [0.4, 0.5) is 0 Å². The maximum Gasteiger partial charge on any atom is 0.156 e. The van der Waals surface area contributed by atoms with Gasteiger partial charge in [0.15, 0.2) is 10.3 Å². The Kier molecular flexibility index (Phi) is 7.02. The zero-order valence-electron chi connectivity index (χ0n) is 12.1. The summed E-state index contributed by atoms with van der Waals surface area (Å²) < 4.78 is 0. The van der Waals surface area contributed by atoms with Crippen LogP contribution in [-0.4, -0.2) is 39.7 Å². The van der Waals surface area contributed by atoms with E-state index >= 15 is 0 Å². The van der Waals surface area contributed by atoms with Crippen molar-refractivity contribution in [2.45, 2.75) is 50.5 Å².